The normalized spacial score (nSPS) is 11.7. The van der Waals surface area contributed by atoms with E-state index >= 15 is 0 Å². The Morgan fingerprint density at radius 1 is 1.08 bits per heavy atom. The SMILES string of the molecule is COc1cc(C(F)(F)F)cc2nccc(-c3ccc(C)c(O)c3)c12. The van der Waals surface area contributed by atoms with Crippen molar-refractivity contribution < 1.29 is 23.0 Å². The first-order valence-electron chi connectivity index (χ1n) is 7.15. The van der Waals surface area contributed by atoms with Crippen molar-refractivity contribution in [1.29, 1.82) is 0 Å². The number of phenols is 1. The van der Waals surface area contributed by atoms with Crippen LogP contribution in [0.4, 0.5) is 13.2 Å². The molecule has 0 unspecified atom stereocenters. The Morgan fingerprint density at radius 3 is 2.46 bits per heavy atom. The summed E-state index contributed by atoms with van der Waals surface area (Å²) in [6.07, 6.45) is -3.05. The number of fused-ring (bicyclic) bond motifs is 1. The maximum atomic E-state index is 13.0. The quantitative estimate of drug-likeness (QED) is 0.722. The number of aromatic hydroxyl groups is 1. The van der Waals surface area contributed by atoms with Gasteiger partial charge in [-0.3, -0.25) is 4.98 Å². The maximum absolute atomic E-state index is 13.0. The molecule has 3 nitrogen and oxygen atoms in total. The van der Waals surface area contributed by atoms with Crippen LogP contribution in [-0.2, 0) is 6.18 Å². The van der Waals surface area contributed by atoms with Crippen molar-refractivity contribution in [1.82, 2.24) is 4.98 Å². The van der Waals surface area contributed by atoms with Crippen molar-refractivity contribution in [2.45, 2.75) is 13.1 Å². The van der Waals surface area contributed by atoms with E-state index in [0.29, 0.717) is 22.1 Å². The van der Waals surface area contributed by atoms with E-state index in [-0.39, 0.29) is 17.0 Å². The Balaban J connectivity index is 2.32. The number of aryl methyl sites for hydroxylation is 1. The number of pyridine rings is 1. The first-order chi connectivity index (χ1) is 11.3. The zero-order valence-corrected chi connectivity index (χ0v) is 13.0. The van der Waals surface area contributed by atoms with E-state index in [4.69, 9.17) is 4.74 Å². The van der Waals surface area contributed by atoms with Crippen LogP contribution in [0.5, 0.6) is 11.5 Å². The van der Waals surface area contributed by atoms with Crippen molar-refractivity contribution >= 4 is 10.9 Å². The van der Waals surface area contributed by atoms with Gasteiger partial charge in [0, 0.05) is 6.20 Å². The third kappa shape index (κ3) is 2.75. The highest BCUT2D eigenvalue weighted by Crippen LogP contribution is 2.40. The molecule has 0 atom stereocenters. The second-order valence-corrected chi connectivity index (χ2v) is 5.43. The van der Waals surface area contributed by atoms with Gasteiger partial charge in [0.2, 0.25) is 0 Å². The Hall–Kier alpha value is -2.76. The van der Waals surface area contributed by atoms with Crippen LogP contribution >= 0.6 is 0 Å². The second kappa shape index (κ2) is 5.70. The summed E-state index contributed by atoms with van der Waals surface area (Å²) in [4.78, 5) is 4.05. The highest BCUT2D eigenvalue weighted by atomic mass is 19.4. The van der Waals surface area contributed by atoms with Gasteiger partial charge in [-0.2, -0.15) is 13.2 Å². The van der Waals surface area contributed by atoms with Gasteiger partial charge in [0.05, 0.1) is 23.6 Å². The summed E-state index contributed by atoms with van der Waals surface area (Å²) < 4.78 is 44.3. The molecule has 6 heteroatoms. The molecule has 3 aromatic rings. The summed E-state index contributed by atoms with van der Waals surface area (Å²) in [5, 5.41) is 10.4. The lowest BCUT2D eigenvalue weighted by Crippen LogP contribution is -2.06. The highest BCUT2D eigenvalue weighted by Gasteiger charge is 2.32. The number of nitrogens with zero attached hydrogens (tertiary/aromatic N) is 1. The van der Waals surface area contributed by atoms with Gasteiger partial charge in [0.25, 0.3) is 0 Å². The van der Waals surface area contributed by atoms with Crippen molar-refractivity contribution in [3.63, 3.8) is 0 Å². The monoisotopic (exact) mass is 333 g/mol. The van der Waals surface area contributed by atoms with Gasteiger partial charge in [0.1, 0.15) is 11.5 Å². The number of rotatable bonds is 2. The Kier molecular flexibility index (Phi) is 3.83. The second-order valence-electron chi connectivity index (χ2n) is 5.43. The fourth-order valence-corrected chi connectivity index (χ4v) is 2.59. The van der Waals surface area contributed by atoms with E-state index < -0.39 is 11.7 Å². The van der Waals surface area contributed by atoms with Crippen LogP contribution in [0.15, 0.2) is 42.6 Å². The predicted molar refractivity (Wildman–Crippen MR) is 85.1 cm³/mol. The molecular weight excluding hydrogens is 319 g/mol. The van der Waals surface area contributed by atoms with Gasteiger partial charge in [-0.1, -0.05) is 12.1 Å². The molecule has 0 spiro atoms. The molecule has 2 aromatic carbocycles. The number of benzene rings is 2. The number of aromatic nitrogens is 1. The van der Waals surface area contributed by atoms with Crippen LogP contribution < -0.4 is 4.74 Å². The lowest BCUT2D eigenvalue weighted by atomic mass is 9.98. The molecule has 3 rings (SSSR count). The molecule has 0 saturated heterocycles. The summed E-state index contributed by atoms with van der Waals surface area (Å²) in [6.45, 7) is 1.76. The fraction of sp³-hybridized carbons (Fsp3) is 0.167. The van der Waals surface area contributed by atoms with Crippen molar-refractivity contribution in [3.05, 3.63) is 53.7 Å². The molecule has 124 valence electrons. The topological polar surface area (TPSA) is 42.4 Å². The average molecular weight is 333 g/mol. The van der Waals surface area contributed by atoms with Crippen molar-refractivity contribution in [2.75, 3.05) is 7.11 Å². The average Bonchev–Trinajstić information content (AvgIpc) is 2.55. The maximum Gasteiger partial charge on any atom is 0.416 e. The zero-order valence-electron chi connectivity index (χ0n) is 13.0. The summed E-state index contributed by atoms with van der Waals surface area (Å²) in [6, 6.07) is 8.74. The van der Waals surface area contributed by atoms with Crippen molar-refractivity contribution in [3.8, 4) is 22.6 Å². The largest absolute Gasteiger partial charge is 0.508 e. The minimum atomic E-state index is -4.48. The highest BCUT2D eigenvalue weighted by molar-refractivity contribution is 5.99. The summed E-state index contributed by atoms with van der Waals surface area (Å²) in [7, 11) is 1.32. The van der Waals surface area contributed by atoms with Gasteiger partial charge < -0.3 is 9.84 Å². The van der Waals surface area contributed by atoms with E-state index in [1.54, 1.807) is 31.2 Å². The summed E-state index contributed by atoms with van der Waals surface area (Å²) in [5.41, 5.74) is 1.38. The summed E-state index contributed by atoms with van der Waals surface area (Å²) in [5.74, 6) is 0.200. The minimum absolute atomic E-state index is 0.0861. The summed E-state index contributed by atoms with van der Waals surface area (Å²) >= 11 is 0. The van der Waals surface area contributed by atoms with Crippen molar-refractivity contribution in [2.24, 2.45) is 0 Å². The molecule has 1 N–H and O–H groups in total. The standard InChI is InChI=1S/C18H14F3NO2/c1-10-3-4-11(7-15(10)23)13-5-6-22-14-8-12(18(19,20)21)9-16(24-2)17(13)14/h3-9,23H,1-2H3. The molecule has 0 bridgehead atoms. The molecule has 0 aliphatic carbocycles. The fourth-order valence-electron chi connectivity index (χ4n) is 2.59. The Morgan fingerprint density at radius 2 is 1.83 bits per heavy atom. The van der Waals surface area contributed by atoms with Crippen LogP contribution in [0.1, 0.15) is 11.1 Å². The number of hydrogen-bond acceptors (Lipinski definition) is 3. The third-order valence-electron chi connectivity index (χ3n) is 3.87. The first kappa shape index (κ1) is 16.1. The molecule has 0 radical (unpaired) electrons. The molecule has 0 amide bonds. The number of methoxy groups -OCH3 is 1. The molecule has 0 aliphatic heterocycles. The Labute approximate surface area is 136 Å². The van der Waals surface area contributed by atoms with E-state index in [1.807, 2.05) is 0 Å². The lowest BCUT2D eigenvalue weighted by molar-refractivity contribution is -0.137. The van der Waals surface area contributed by atoms with E-state index in [2.05, 4.69) is 4.98 Å². The number of phenolic OH excluding ortho intramolecular Hbond substituents is 1. The van der Waals surface area contributed by atoms with Gasteiger partial charge in [-0.15, -0.1) is 0 Å². The van der Waals surface area contributed by atoms with Crippen LogP contribution in [0.2, 0.25) is 0 Å². The van der Waals surface area contributed by atoms with E-state index in [1.165, 1.54) is 13.3 Å². The van der Waals surface area contributed by atoms with Gasteiger partial charge in [-0.05, 0) is 47.9 Å². The molecule has 1 heterocycles. The third-order valence-corrected chi connectivity index (χ3v) is 3.87. The van der Waals surface area contributed by atoms with E-state index in [0.717, 1.165) is 12.1 Å². The molecule has 24 heavy (non-hydrogen) atoms. The van der Waals surface area contributed by atoms with Gasteiger partial charge in [-0.25, -0.2) is 0 Å². The van der Waals surface area contributed by atoms with Crippen LogP contribution in [0, 0.1) is 6.92 Å². The molecule has 0 saturated carbocycles. The lowest BCUT2D eigenvalue weighted by Gasteiger charge is -2.14. The number of hydrogen-bond donors (Lipinski definition) is 1. The van der Waals surface area contributed by atoms with Gasteiger partial charge in [0.15, 0.2) is 0 Å². The Bertz CT molecular complexity index is 920. The molecule has 1 aromatic heterocycles. The van der Waals surface area contributed by atoms with Crippen LogP contribution in [0.3, 0.4) is 0 Å². The smallest absolute Gasteiger partial charge is 0.416 e. The molecule has 0 fully saturated rings. The van der Waals surface area contributed by atoms with Crippen LogP contribution in [-0.4, -0.2) is 17.2 Å². The van der Waals surface area contributed by atoms with E-state index in [9.17, 15) is 18.3 Å². The molecule has 0 aliphatic rings. The van der Waals surface area contributed by atoms with Crippen LogP contribution in [0.25, 0.3) is 22.0 Å². The number of halogens is 3. The first-order valence-corrected chi connectivity index (χ1v) is 7.15. The number of alkyl halides is 3. The minimum Gasteiger partial charge on any atom is -0.508 e. The zero-order chi connectivity index (χ0) is 17.5. The van der Waals surface area contributed by atoms with Gasteiger partial charge >= 0.3 is 6.18 Å². The number of ether oxygens (including phenoxy) is 1. The predicted octanol–water partition coefficient (Wildman–Crippen LogP) is 4.94. The molecular formula is C18H14F3NO2.